The molecule has 0 saturated carbocycles. The van der Waals surface area contributed by atoms with Gasteiger partial charge in [0.05, 0.1) is 19.8 Å². The number of para-hydroxylation sites is 2. The summed E-state index contributed by atoms with van der Waals surface area (Å²) in [6, 6.07) is 13.5. The van der Waals surface area contributed by atoms with Gasteiger partial charge >= 0.3 is 5.97 Å². The van der Waals surface area contributed by atoms with Crippen LogP contribution >= 0.6 is 12.2 Å². The van der Waals surface area contributed by atoms with E-state index in [4.69, 9.17) is 21.7 Å². The molecular weight excluding hydrogens is 356 g/mol. The van der Waals surface area contributed by atoms with Crippen molar-refractivity contribution in [2.75, 3.05) is 26.1 Å². The SMILES string of the molecule is COC(=O)c1ccc(NC(=S)NC(=O)COc2ccccc2OC)cc1. The Bertz CT molecular complexity index is 792. The van der Waals surface area contributed by atoms with Gasteiger partial charge in [0, 0.05) is 5.69 Å². The molecule has 0 bridgehead atoms. The maximum atomic E-state index is 11.9. The number of carbonyl (C=O) groups is 2. The van der Waals surface area contributed by atoms with Crippen LogP contribution in [0.4, 0.5) is 5.69 Å². The number of amides is 1. The first-order valence-electron chi connectivity index (χ1n) is 7.58. The minimum atomic E-state index is -0.430. The summed E-state index contributed by atoms with van der Waals surface area (Å²) in [5.74, 6) is 0.148. The van der Waals surface area contributed by atoms with Crippen molar-refractivity contribution in [1.29, 1.82) is 0 Å². The fourth-order valence-corrected chi connectivity index (χ4v) is 2.25. The molecule has 0 spiro atoms. The predicted molar refractivity (Wildman–Crippen MR) is 101 cm³/mol. The quantitative estimate of drug-likeness (QED) is 0.593. The number of carbonyl (C=O) groups excluding carboxylic acids is 2. The molecule has 0 aliphatic heterocycles. The molecule has 2 aromatic rings. The summed E-state index contributed by atoms with van der Waals surface area (Å²) >= 11 is 5.08. The summed E-state index contributed by atoms with van der Waals surface area (Å²) < 4.78 is 15.2. The average molecular weight is 374 g/mol. The third-order valence-corrected chi connectivity index (χ3v) is 3.45. The normalized spacial score (nSPS) is 9.77. The Balaban J connectivity index is 1.83. The summed E-state index contributed by atoms with van der Waals surface area (Å²) in [6.45, 7) is -0.219. The van der Waals surface area contributed by atoms with Gasteiger partial charge in [-0.05, 0) is 48.6 Å². The first kappa shape index (κ1) is 19.2. The van der Waals surface area contributed by atoms with E-state index in [1.165, 1.54) is 14.2 Å². The molecule has 0 saturated heterocycles. The molecular formula is C18H18N2O5S. The summed E-state index contributed by atoms with van der Waals surface area (Å²) in [6.07, 6.45) is 0. The van der Waals surface area contributed by atoms with Crippen molar-refractivity contribution < 1.29 is 23.8 Å². The Hall–Kier alpha value is -3.13. The number of anilines is 1. The van der Waals surface area contributed by atoms with Gasteiger partial charge in [-0.3, -0.25) is 10.1 Å². The monoisotopic (exact) mass is 374 g/mol. The first-order valence-corrected chi connectivity index (χ1v) is 7.99. The summed E-state index contributed by atoms with van der Waals surface area (Å²) in [4.78, 5) is 23.3. The number of ether oxygens (including phenoxy) is 3. The van der Waals surface area contributed by atoms with Crippen molar-refractivity contribution in [2.24, 2.45) is 0 Å². The Morgan fingerprint density at radius 1 is 1.00 bits per heavy atom. The summed E-state index contributed by atoms with van der Waals surface area (Å²) in [5.41, 5.74) is 1.03. The molecule has 26 heavy (non-hydrogen) atoms. The van der Waals surface area contributed by atoms with E-state index in [-0.39, 0.29) is 11.7 Å². The molecule has 2 rings (SSSR count). The number of nitrogens with one attached hydrogen (secondary N) is 2. The van der Waals surface area contributed by atoms with E-state index in [0.717, 1.165) is 0 Å². The number of thiocarbonyl (C=S) groups is 1. The lowest BCUT2D eigenvalue weighted by atomic mass is 10.2. The predicted octanol–water partition coefficient (Wildman–Crippen LogP) is 2.37. The highest BCUT2D eigenvalue weighted by atomic mass is 32.1. The Labute approximate surface area is 156 Å². The number of benzene rings is 2. The highest BCUT2D eigenvalue weighted by Gasteiger charge is 2.09. The van der Waals surface area contributed by atoms with Crippen LogP contribution in [0.1, 0.15) is 10.4 Å². The molecule has 0 radical (unpaired) electrons. The third kappa shape index (κ3) is 5.45. The second kappa shape index (κ2) is 9.38. The van der Waals surface area contributed by atoms with Crippen LogP contribution in [0.15, 0.2) is 48.5 Å². The lowest BCUT2D eigenvalue weighted by molar-refractivity contribution is -0.121. The zero-order chi connectivity index (χ0) is 18.9. The van der Waals surface area contributed by atoms with E-state index in [0.29, 0.717) is 22.7 Å². The standard InChI is InChI=1S/C18H18N2O5S/c1-23-14-5-3-4-6-15(14)25-11-16(21)20-18(26)19-13-9-7-12(8-10-13)17(22)24-2/h3-10H,11H2,1-2H3,(H2,19,20,21,26). The van der Waals surface area contributed by atoms with E-state index >= 15 is 0 Å². The largest absolute Gasteiger partial charge is 0.493 e. The Morgan fingerprint density at radius 3 is 2.27 bits per heavy atom. The number of hydrogen-bond acceptors (Lipinski definition) is 6. The zero-order valence-corrected chi connectivity index (χ0v) is 15.1. The molecule has 2 aromatic carbocycles. The smallest absolute Gasteiger partial charge is 0.337 e. The number of esters is 1. The van der Waals surface area contributed by atoms with Crippen LogP contribution in [0, 0.1) is 0 Å². The molecule has 8 heteroatoms. The van der Waals surface area contributed by atoms with Gasteiger partial charge in [0.1, 0.15) is 0 Å². The Kier molecular flexibility index (Phi) is 6.92. The van der Waals surface area contributed by atoms with E-state index in [1.807, 2.05) is 0 Å². The maximum absolute atomic E-state index is 11.9. The van der Waals surface area contributed by atoms with Crippen LogP contribution < -0.4 is 20.1 Å². The molecule has 1 amide bonds. The fraction of sp³-hybridized carbons (Fsp3) is 0.167. The van der Waals surface area contributed by atoms with Crippen molar-refractivity contribution >= 4 is 34.9 Å². The molecule has 0 aliphatic carbocycles. The van der Waals surface area contributed by atoms with Crippen LogP contribution in [0.2, 0.25) is 0 Å². The van der Waals surface area contributed by atoms with Crippen molar-refractivity contribution in [3.63, 3.8) is 0 Å². The first-order chi connectivity index (χ1) is 12.5. The van der Waals surface area contributed by atoms with E-state index in [2.05, 4.69) is 15.4 Å². The molecule has 0 fully saturated rings. The molecule has 7 nitrogen and oxygen atoms in total. The van der Waals surface area contributed by atoms with Crippen LogP contribution in [0.25, 0.3) is 0 Å². The van der Waals surface area contributed by atoms with Gasteiger partial charge in [0.15, 0.2) is 23.2 Å². The average Bonchev–Trinajstić information content (AvgIpc) is 2.66. The van der Waals surface area contributed by atoms with Crippen LogP contribution in [-0.2, 0) is 9.53 Å². The molecule has 0 aliphatic rings. The molecule has 0 atom stereocenters. The van der Waals surface area contributed by atoms with Gasteiger partial charge < -0.3 is 19.5 Å². The number of hydrogen-bond donors (Lipinski definition) is 2. The van der Waals surface area contributed by atoms with Gasteiger partial charge in [-0.1, -0.05) is 12.1 Å². The molecule has 136 valence electrons. The van der Waals surface area contributed by atoms with E-state index < -0.39 is 11.9 Å². The summed E-state index contributed by atoms with van der Waals surface area (Å²) in [7, 11) is 2.83. The van der Waals surface area contributed by atoms with E-state index in [9.17, 15) is 9.59 Å². The molecule has 0 heterocycles. The van der Waals surface area contributed by atoms with Crippen molar-refractivity contribution in [3.8, 4) is 11.5 Å². The zero-order valence-electron chi connectivity index (χ0n) is 14.3. The second-order valence-electron chi connectivity index (χ2n) is 5.01. The minimum Gasteiger partial charge on any atom is -0.493 e. The van der Waals surface area contributed by atoms with Crippen LogP contribution in [-0.4, -0.2) is 37.8 Å². The van der Waals surface area contributed by atoms with E-state index in [1.54, 1.807) is 48.5 Å². The third-order valence-electron chi connectivity index (χ3n) is 3.24. The van der Waals surface area contributed by atoms with Gasteiger partial charge in [-0.25, -0.2) is 4.79 Å². The minimum absolute atomic E-state index is 0.115. The lowest BCUT2D eigenvalue weighted by Crippen LogP contribution is -2.37. The van der Waals surface area contributed by atoms with Gasteiger partial charge in [0.25, 0.3) is 5.91 Å². The van der Waals surface area contributed by atoms with Crippen molar-refractivity contribution in [1.82, 2.24) is 5.32 Å². The molecule has 0 unspecified atom stereocenters. The van der Waals surface area contributed by atoms with Crippen LogP contribution in [0.5, 0.6) is 11.5 Å². The van der Waals surface area contributed by atoms with Gasteiger partial charge in [-0.15, -0.1) is 0 Å². The number of methoxy groups -OCH3 is 2. The number of rotatable bonds is 6. The lowest BCUT2D eigenvalue weighted by Gasteiger charge is -2.12. The van der Waals surface area contributed by atoms with Crippen molar-refractivity contribution in [3.05, 3.63) is 54.1 Å². The fourth-order valence-electron chi connectivity index (χ4n) is 2.01. The highest BCUT2D eigenvalue weighted by molar-refractivity contribution is 7.80. The topological polar surface area (TPSA) is 85.9 Å². The van der Waals surface area contributed by atoms with Gasteiger partial charge in [0.2, 0.25) is 0 Å². The Morgan fingerprint density at radius 2 is 1.65 bits per heavy atom. The maximum Gasteiger partial charge on any atom is 0.337 e. The molecule has 2 N–H and O–H groups in total. The van der Waals surface area contributed by atoms with Gasteiger partial charge in [-0.2, -0.15) is 0 Å². The molecule has 0 aromatic heterocycles. The summed E-state index contributed by atoms with van der Waals surface area (Å²) in [5, 5.41) is 5.47. The van der Waals surface area contributed by atoms with Crippen molar-refractivity contribution in [2.45, 2.75) is 0 Å². The van der Waals surface area contributed by atoms with Crippen LogP contribution in [0.3, 0.4) is 0 Å². The highest BCUT2D eigenvalue weighted by Crippen LogP contribution is 2.25. The second-order valence-corrected chi connectivity index (χ2v) is 5.42.